The third-order valence-electron chi connectivity index (χ3n) is 3.46. The van der Waals surface area contributed by atoms with Crippen molar-refractivity contribution in [3.05, 3.63) is 16.7 Å². The van der Waals surface area contributed by atoms with Crippen molar-refractivity contribution in [2.24, 2.45) is 5.92 Å². The minimum Gasteiger partial charge on any atom is -0.396 e. The standard InChI is InChI=1S/C12H18BrN3O3S/c1-14-12-11(6-10(13)7-15-12)20(18,19)16-4-2-9(8-16)3-5-17/h6-7,9,17H,2-5,8H2,1H3,(H,14,15). The smallest absolute Gasteiger partial charge is 0.246 e. The molecule has 0 saturated carbocycles. The van der Waals surface area contributed by atoms with E-state index < -0.39 is 10.0 Å². The number of aliphatic hydroxyl groups is 1. The van der Waals surface area contributed by atoms with Crippen LogP contribution in [0, 0.1) is 5.92 Å². The van der Waals surface area contributed by atoms with E-state index >= 15 is 0 Å². The van der Waals surface area contributed by atoms with Crippen LogP contribution < -0.4 is 5.32 Å². The fraction of sp³-hybridized carbons (Fsp3) is 0.583. The molecule has 1 fully saturated rings. The largest absolute Gasteiger partial charge is 0.396 e. The molecular formula is C12H18BrN3O3S. The highest BCUT2D eigenvalue weighted by atomic mass is 79.9. The number of hydrogen-bond acceptors (Lipinski definition) is 5. The zero-order valence-electron chi connectivity index (χ0n) is 11.2. The molecule has 112 valence electrons. The lowest BCUT2D eigenvalue weighted by Gasteiger charge is -2.18. The SMILES string of the molecule is CNc1ncc(Br)cc1S(=O)(=O)N1CCC(CCO)C1. The third kappa shape index (κ3) is 3.13. The molecule has 1 aliphatic rings. The molecule has 0 spiro atoms. The van der Waals surface area contributed by atoms with Gasteiger partial charge in [-0.3, -0.25) is 0 Å². The maximum Gasteiger partial charge on any atom is 0.246 e. The maximum atomic E-state index is 12.7. The van der Waals surface area contributed by atoms with Crippen LogP contribution in [0.4, 0.5) is 5.82 Å². The van der Waals surface area contributed by atoms with Crippen molar-refractivity contribution in [3.63, 3.8) is 0 Å². The van der Waals surface area contributed by atoms with E-state index in [0.717, 1.165) is 6.42 Å². The van der Waals surface area contributed by atoms with E-state index in [0.29, 0.717) is 29.8 Å². The maximum absolute atomic E-state index is 12.7. The summed E-state index contributed by atoms with van der Waals surface area (Å²) < 4.78 is 27.5. The van der Waals surface area contributed by atoms with Crippen LogP contribution in [0.15, 0.2) is 21.6 Å². The van der Waals surface area contributed by atoms with Crippen LogP contribution in [0.5, 0.6) is 0 Å². The van der Waals surface area contributed by atoms with E-state index in [-0.39, 0.29) is 17.4 Å². The summed E-state index contributed by atoms with van der Waals surface area (Å²) in [5, 5.41) is 11.8. The lowest BCUT2D eigenvalue weighted by molar-refractivity contribution is 0.259. The van der Waals surface area contributed by atoms with Gasteiger partial charge in [-0.25, -0.2) is 13.4 Å². The van der Waals surface area contributed by atoms with Crippen LogP contribution in [0.25, 0.3) is 0 Å². The van der Waals surface area contributed by atoms with E-state index in [4.69, 9.17) is 5.11 Å². The first-order chi connectivity index (χ1) is 9.48. The molecule has 0 aliphatic carbocycles. The van der Waals surface area contributed by atoms with E-state index in [9.17, 15) is 8.42 Å². The average molecular weight is 364 g/mol. The molecule has 2 N–H and O–H groups in total. The fourth-order valence-electron chi connectivity index (χ4n) is 2.38. The highest BCUT2D eigenvalue weighted by Gasteiger charge is 2.34. The lowest BCUT2D eigenvalue weighted by Crippen LogP contribution is -2.29. The van der Waals surface area contributed by atoms with Crippen LogP contribution in [0.2, 0.25) is 0 Å². The number of rotatable bonds is 5. The predicted octanol–water partition coefficient (Wildman–Crippen LogP) is 1.28. The Kier molecular flexibility index (Phi) is 5.00. The number of aromatic nitrogens is 1. The fourth-order valence-corrected chi connectivity index (χ4v) is 4.57. The van der Waals surface area contributed by atoms with E-state index in [1.807, 2.05) is 0 Å². The zero-order chi connectivity index (χ0) is 14.8. The molecule has 8 heteroatoms. The van der Waals surface area contributed by atoms with Gasteiger partial charge in [0.1, 0.15) is 10.7 Å². The first kappa shape index (κ1) is 15.7. The molecule has 1 atom stereocenters. The van der Waals surface area contributed by atoms with Crippen molar-refractivity contribution >= 4 is 31.8 Å². The number of sulfonamides is 1. The third-order valence-corrected chi connectivity index (χ3v) is 5.77. The van der Waals surface area contributed by atoms with Gasteiger partial charge in [0.05, 0.1) is 0 Å². The summed E-state index contributed by atoms with van der Waals surface area (Å²) in [5.41, 5.74) is 0. The summed E-state index contributed by atoms with van der Waals surface area (Å²) in [6.45, 7) is 1.04. The second-order valence-corrected chi connectivity index (χ2v) is 7.60. The van der Waals surface area contributed by atoms with E-state index in [1.165, 1.54) is 4.31 Å². The molecule has 0 amide bonds. The van der Waals surface area contributed by atoms with Crippen molar-refractivity contribution in [2.45, 2.75) is 17.7 Å². The Labute approximate surface area is 127 Å². The summed E-state index contributed by atoms with van der Waals surface area (Å²) >= 11 is 3.26. The monoisotopic (exact) mass is 363 g/mol. The first-order valence-corrected chi connectivity index (χ1v) is 8.66. The van der Waals surface area contributed by atoms with Crippen LogP contribution in [-0.4, -0.2) is 49.6 Å². The number of aliphatic hydroxyl groups excluding tert-OH is 1. The molecule has 1 aromatic heterocycles. The van der Waals surface area contributed by atoms with Gasteiger partial charge in [-0.15, -0.1) is 0 Å². The molecule has 2 heterocycles. The first-order valence-electron chi connectivity index (χ1n) is 6.43. The summed E-state index contributed by atoms with van der Waals surface area (Å²) in [6, 6.07) is 1.56. The average Bonchev–Trinajstić information content (AvgIpc) is 2.88. The van der Waals surface area contributed by atoms with Crippen molar-refractivity contribution < 1.29 is 13.5 Å². The van der Waals surface area contributed by atoms with Crippen molar-refractivity contribution in [1.82, 2.24) is 9.29 Å². The van der Waals surface area contributed by atoms with E-state index in [1.54, 1.807) is 19.3 Å². The highest BCUT2D eigenvalue weighted by molar-refractivity contribution is 9.10. The molecule has 2 rings (SSSR count). The number of pyridine rings is 1. The van der Waals surface area contributed by atoms with Crippen molar-refractivity contribution in [1.29, 1.82) is 0 Å². The van der Waals surface area contributed by atoms with Gasteiger partial charge in [-0.05, 0) is 40.8 Å². The molecule has 20 heavy (non-hydrogen) atoms. The normalized spacial score (nSPS) is 20.2. The molecule has 0 aromatic carbocycles. The Morgan fingerprint density at radius 2 is 2.35 bits per heavy atom. The van der Waals surface area contributed by atoms with Gasteiger partial charge in [0.15, 0.2) is 0 Å². The summed E-state index contributed by atoms with van der Waals surface area (Å²) in [5.74, 6) is 0.576. The van der Waals surface area contributed by atoms with Gasteiger partial charge >= 0.3 is 0 Å². The second kappa shape index (κ2) is 6.38. The van der Waals surface area contributed by atoms with Gasteiger partial charge in [-0.1, -0.05) is 0 Å². The number of hydrogen-bond donors (Lipinski definition) is 2. The van der Waals surface area contributed by atoms with Gasteiger partial charge < -0.3 is 10.4 Å². The van der Waals surface area contributed by atoms with Gasteiger partial charge in [0.25, 0.3) is 0 Å². The quantitative estimate of drug-likeness (QED) is 0.823. The number of nitrogens with one attached hydrogen (secondary N) is 1. The number of nitrogens with zero attached hydrogens (tertiary/aromatic N) is 2. The predicted molar refractivity (Wildman–Crippen MR) is 80.1 cm³/mol. The Hall–Kier alpha value is -0.700. The zero-order valence-corrected chi connectivity index (χ0v) is 13.6. The Balaban J connectivity index is 2.29. The van der Waals surface area contributed by atoms with Crippen molar-refractivity contribution in [3.8, 4) is 0 Å². The molecule has 1 aliphatic heterocycles. The van der Waals surface area contributed by atoms with Crippen LogP contribution in [-0.2, 0) is 10.0 Å². The Bertz CT molecular complexity index is 579. The van der Waals surface area contributed by atoms with E-state index in [2.05, 4.69) is 26.2 Å². The second-order valence-electron chi connectivity index (χ2n) is 4.78. The molecule has 0 radical (unpaired) electrons. The van der Waals surface area contributed by atoms with Crippen LogP contribution in [0.3, 0.4) is 0 Å². The van der Waals surface area contributed by atoms with Crippen LogP contribution in [0.1, 0.15) is 12.8 Å². The van der Waals surface area contributed by atoms with Gasteiger partial charge in [0, 0.05) is 37.4 Å². The molecular weight excluding hydrogens is 346 g/mol. The topological polar surface area (TPSA) is 82.5 Å². The minimum absolute atomic E-state index is 0.0960. The molecule has 1 unspecified atom stereocenters. The van der Waals surface area contributed by atoms with Gasteiger partial charge in [-0.2, -0.15) is 4.31 Å². The summed E-state index contributed by atoms with van der Waals surface area (Å²) in [7, 11) is -1.91. The number of halogens is 1. The number of anilines is 1. The van der Waals surface area contributed by atoms with Gasteiger partial charge in [0.2, 0.25) is 10.0 Å². The molecule has 6 nitrogen and oxygen atoms in total. The molecule has 1 saturated heterocycles. The van der Waals surface area contributed by atoms with Crippen molar-refractivity contribution in [2.75, 3.05) is 32.1 Å². The summed E-state index contributed by atoms with van der Waals surface area (Å²) in [4.78, 5) is 4.27. The summed E-state index contributed by atoms with van der Waals surface area (Å²) in [6.07, 6.45) is 2.99. The molecule has 1 aromatic rings. The minimum atomic E-state index is -3.56. The molecule has 0 bridgehead atoms. The Morgan fingerprint density at radius 3 is 3.00 bits per heavy atom. The highest BCUT2D eigenvalue weighted by Crippen LogP contribution is 2.30. The van der Waals surface area contributed by atoms with Crippen LogP contribution >= 0.6 is 15.9 Å². The lowest BCUT2D eigenvalue weighted by atomic mass is 10.1. The Morgan fingerprint density at radius 1 is 1.60 bits per heavy atom.